The van der Waals surface area contributed by atoms with Gasteiger partial charge in [-0.1, -0.05) is 23.2 Å². The quantitative estimate of drug-likeness (QED) is 0.902. The van der Waals surface area contributed by atoms with Crippen LogP contribution in [0.5, 0.6) is 0 Å². The topological polar surface area (TPSA) is 73.4 Å². The van der Waals surface area contributed by atoms with Crippen molar-refractivity contribution in [3.05, 3.63) is 21.9 Å². The molecule has 2 N–H and O–H groups in total. The third kappa shape index (κ3) is 3.22. The number of rotatable bonds is 3. The molecule has 2 rings (SSSR count). The van der Waals surface area contributed by atoms with Gasteiger partial charge < -0.3 is 15.0 Å². The van der Waals surface area contributed by atoms with E-state index in [4.69, 9.17) is 28.3 Å². The van der Waals surface area contributed by atoms with Crippen molar-refractivity contribution in [1.82, 2.24) is 9.88 Å². The molecule has 1 fully saturated rings. The summed E-state index contributed by atoms with van der Waals surface area (Å²) in [6.07, 6.45) is 2.49. The Hall–Kier alpha value is -1.20. The van der Waals surface area contributed by atoms with E-state index in [-0.39, 0.29) is 28.5 Å². The Kier molecular flexibility index (Phi) is 4.37. The third-order valence-electron chi connectivity index (χ3n) is 3.25. The Balaban J connectivity index is 2.17. The first-order valence-electron chi connectivity index (χ1n) is 6.06. The van der Waals surface area contributed by atoms with E-state index in [1.54, 1.807) is 4.90 Å². The molecule has 1 atom stereocenters. The molecule has 0 saturated carbocycles. The van der Waals surface area contributed by atoms with Gasteiger partial charge in [0.25, 0.3) is 5.91 Å². The van der Waals surface area contributed by atoms with Gasteiger partial charge in [0.15, 0.2) is 0 Å². The van der Waals surface area contributed by atoms with Gasteiger partial charge in [-0.2, -0.15) is 0 Å². The molecule has 1 unspecified atom stereocenters. The SMILES string of the molecule is O=C(O)CC1CCCCN1C(=O)c1cc(Cl)c(Cl)[nH]1. The molecule has 1 aromatic rings. The summed E-state index contributed by atoms with van der Waals surface area (Å²) in [5.74, 6) is -1.15. The van der Waals surface area contributed by atoms with Gasteiger partial charge in [0.05, 0.1) is 11.4 Å². The fourth-order valence-corrected chi connectivity index (χ4v) is 2.67. The van der Waals surface area contributed by atoms with Gasteiger partial charge in [-0.25, -0.2) is 0 Å². The summed E-state index contributed by atoms with van der Waals surface area (Å²) in [4.78, 5) is 27.5. The highest BCUT2D eigenvalue weighted by molar-refractivity contribution is 6.41. The minimum Gasteiger partial charge on any atom is -0.481 e. The summed E-state index contributed by atoms with van der Waals surface area (Å²) in [5.41, 5.74) is 0.298. The van der Waals surface area contributed by atoms with E-state index in [0.29, 0.717) is 18.7 Å². The summed E-state index contributed by atoms with van der Waals surface area (Å²) in [7, 11) is 0. The number of likely N-dealkylation sites (tertiary alicyclic amines) is 1. The second kappa shape index (κ2) is 5.84. The highest BCUT2D eigenvalue weighted by Crippen LogP contribution is 2.26. The lowest BCUT2D eigenvalue weighted by molar-refractivity contribution is -0.138. The molecule has 0 aliphatic carbocycles. The molecule has 2 heterocycles. The lowest BCUT2D eigenvalue weighted by atomic mass is 9.99. The number of aromatic nitrogens is 1. The number of carboxylic acids is 1. The predicted molar refractivity (Wildman–Crippen MR) is 71.7 cm³/mol. The van der Waals surface area contributed by atoms with Crippen molar-refractivity contribution in [2.75, 3.05) is 6.54 Å². The highest BCUT2D eigenvalue weighted by atomic mass is 35.5. The van der Waals surface area contributed by atoms with Gasteiger partial charge in [-0.3, -0.25) is 9.59 Å². The molecule has 19 heavy (non-hydrogen) atoms. The molecule has 0 radical (unpaired) electrons. The monoisotopic (exact) mass is 304 g/mol. The number of piperidine rings is 1. The van der Waals surface area contributed by atoms with Gasteiger partial charge >= 0.3 is 5.97 Å². The molecule has 1 saturated heterocycles. The maximum Gasteiger partial charge on any atom is 0.305 e. The molecule has 1 amide bonds. The van der Waals surface area contributed by atoms with Crippen LogP contribution >= 0.6 is 23.2 Å². The van der Waals surface area contributed by atoms with Crippen LogP contribution in [0, 0.1) is 0 Å². The number of halogens is 2. The Labute approximate surface area is 120 Å². The van der Waals surface area contributed by atoms with E-state index >= 15 is 0 Å². The molecule has 104 valence electrons. The smallest absolute Gasteiger partial charge is 0.305 e. The minimum atomic E-state index is -0.896. The Bertz CT molecular complexity index is 482. The van der Waals surface area contributed by atoms with Crippen LogP contribution in [0.15, 0.2) is 6.07 Å². The number of H-pyrrole nitrogens is 1. The number of carboxylic acid groups (broad SMARTS) is 1. The van der Waals surface area contributed by atoms with Crippen LogP contribution < -0.4 is 0 Å². The molecule has 1 aromatic heterocycles. The summed E-state index contributed by atoms with van der Waals surface area (Å²) < 4.78 is 0. The first kappa shape index (κ1) is 14.2. The van der Waals surface area contributed by atoms with Gasteiger partial charge in [-0.15, -0.1) is 0 Å². The van der Waals surface area contributed by atoms with Crippen molar-refractivity contribution in [3.63, 3.8) is 0 Å². The van der Waals surface area contributed by atoms with E-state index < -0.39 is 5.97 Å². The number of hydrogen-bond donors (Lipinski definition) is 2. The number of carbonyl (C=O) groups excluding carboxylic acids is 1. The van der Waals surface area contributed by atoms with E-state index in [1.807, 2.05) is 0 Å². The number of nitrogens with one attached hydrogen (secondary N) is 1. The maximum atomic E-state index is 12.3. The second-order valence-electron chi connectivity index (χ2n) is 4.59. The van der Waals surface area contributed by atoms with Crippen molar-refractivity contribution in [2.45, 2.75) is 31.7 Å². The third-order valence-corrected chi connectivity index (χ3v) is 3.95. The molecular formula is C12H14Cl2N2O3. The molecule has 0 spiro atoms. The fraction of sp³-hybridized carbons (Fsp3) is 0.500. The summed E-state index contributed by atoms with van der Waals surface area (Å²) in [6, 6.07) is 1.21. The average Bonchev–Trinajstić information content (AvgIpc) is 2.69. The number of amides is 1. The number of aromatic amines is 1. The van der Waals surface area contributed by atoms with E-state index in [1.165, 1.54) is 6.07 Å². The zero-order chi connectivity index (χ0) is 14.0. The molecule has 1 aliphatic rings. The molecule has 5 nitrogen and oxygen atoms in total. The Morgan fingerprint density at radius 1 is 1.42 bits per heavy atom. The van der Waals surface area contributed by atoms with Gasteiger partial charge in [0, 0.05) is 12.6 Å². The zero-order valence-electron chi connectivity index (χ0n) is 10.2. The van der Waals surface area contributed by atoms with Crippen LogP contribution in [-0.2, 0) is 4.79 Å². The van der Waals surface area contributed by atoms with Crippen LogP contribution in [0.3, 0.4) is 0 Å². The Morgan fingerprint density at radius 3 is 2.74 bits per heavy atom. The molecule has 7 heteroatoms. The van der Waals surface area contributed by atoms with Crippen molar-refractivity contribution in [2.24, 2.45) is 0 Å². The molecule has 0 bridgehead atoms. The van der Waals surface area contributed by atoms with Crippen molar-refractivity contribution in [3.8, 4) is 0 Å². The van der Waals surface area contributed by atoms with Gasteiger partial charge in [0.2, 0.25) is 0 Å². The number of hydrogen-bond acceptors (Lipinski definition) is 2. The van der Waals surface area contributed by atoms with Gasteiger partial charge in [-0.05, 0) is 25.3 Å². The summed E-state index contributed by atoms with van der Waals surface area (Å²) >= 11 is 11.6. The number of nitrogens with zero attached hydrogens (tertiary/aromatic N) is 1. The number of carbonyl (C=O) groups is 2. The lowest BCUT2D eigenvalue weighted by Gasteiger charge is -2.34. The zero-order valence-corrected chi connectivity index (χ0v) is 11.7. The average molecular weight is 305 g/mol. The summed E-state index contributed by atoms with van der Waals surface area (Å²) in [6.45, 7) is 0.561. The highest BCUT2D eigenvalue weighted by Gasteiger charge is 2.30. The lowest BCUT2D eigenvalue weighted by Crippen LogP contribution is -2.44. The van der Waals surface area contributed by atoms with Crippen LogP contribution in [0.4, 0.5) is 0 Å². The number of aliphatic carboxylic acids is 1. The van der Waals surface area contributed by atoms with Crippen molar-refractivity contribution < 1.29 is 14.7 Å². The predicted octanol–water partition coefficient (Wildman–Crippen LogP) is 2.79. The Morgan fingerprint density at radius 2 is 2.16 bits per heavy atom. The van der Waals surface area contributed by atoms with Gasteiger partial charge in [0.1, 0.15) is 10.8 Å². The van der Waals surface area contributed by atoms with Crippen molar-refractivity contribution in [1.29, 1.82) is 0 Å². The van der Waals surface area contributed by atoms with Crippen LogP contribution in [-0.4, -0.2) is 39.5 Å². The van der Waals surface area contributed by atoms with E-state index in [0.717, 1.165) is 12.8 Å². The van der Waals surface area contributed by atoms with E-state index in [2.05, 4.69) is 4.98 Å². The molecule has 1 aliphatic heterocycles. The minimum absolute atomic E-state index is 0.0338. The molecule has 0 aromatic carbocycles. The summed E-state index contributed by atoms with van der Waals surface area (Å²) in [5, 5.41) is 9.40. The van der Waals surface area contributed by atoms with Crippen LogP contribution in [0.2, 0.25) is 10.2 Å². The largest absolute Gasteiger partial charge is 0.481 e. The molecular weight excluding hydrogens is 291 g/mol. The van der Waals surface area contributed by atoms with Crippen LogP contribution in [0.25, 0.3) is 0 Å². The normalized spacial score (nSPS) is 19.5. The maximum absolute atomic E-state index is 12.3. The first-order valence-corrected chi connectivity index (χ1v) is 6.81. The van der Waals surface area contributed by atoms with Crippen molar-refractivity contribution >= 4 is 35.1 Å². The van der Waals surface area contributed by atoms with E-state index in [9.17, 15) is 9.59 Å². The van der Waals surface area contributed by atoms with Crippen LogP contribution in [0.1, 0.15) is 36.2 Å². The fourth-order valence-electron chi connectivity index (χ4n) is 2.36. The second-order valence-corrected chi connectivity index (χ2v) is 5.38. The standard InChI is InChI=1S/C12H14Cl2N2O3/c13-8-6-9(15-11(8)14)12(19)16-4-2-1-3-7(16)5-10(17)18/h6-7,15H,1-5H2,(H,17,18). The first-order chi connectivity index (χ1) is 8.99.